The van der Waals surface area contributed by atoms with Gasteiger partial charge in [-0.15, -0.1) is 0 Å². The van der Waals surface area contributed by atoms with E-state index in [-0.39, 0.29) is 0 Å². The summed E-state index contributed by atoms with van der Waals surface area (Å²) in [5.41, 5.74) is 0. The predicted molar refractivity (Wildman–Crippen MR) is 63.4 cm³/mol. The van der Waals surface area contributed by atoms with Crippen LogP contribution in [0.5, 0.6) is 0 Å². The highest BCUT2D eigenvalue weighted by Gasteiger charge is 2.03. The molecule has 0 unspecified atom stereocenters. The van der Waals surface area contributed by atoms with Gasteiger partial charge in [0.2, 0.25) is 0 Å². The Balaban J connectivity index is 3.53. The molecule has 92 valence electrons. The van der Waals surface area contributed by atoms with E-state index in [4.69, 9.17) is 9.47 Å². The summed E-state index contributed by atoms with van der Waals surface area (Å²) in [7, 11) is 5.49. The highest BCUT2D eigenvalue weighted by molar-refractivity contribution is 4.58. The molecular weight excluding hydrogens is 192 g/mol. The van der Waals surface area contributed by atoms with Crippen molar-refractivity contribution in [3.8, 4) is 0 Å². The SMILES string of the molecule is CNCCCN(CCCOC)CCOC. The second-order valence-electron chi connectivity index (χ2n) is 3.64. The summed E-state index contributed by atoms with van der Waals surface area (Å²) in [5.74, 6) is 0. The fraction of sp³-hybridized carbons (Fsp3) is 1.00. The van der Waals surface area contributed by atoms with E-state index in [0.717, 1.165) is 45.8 Å². The van der Waals surface area contributed by atoms with Gasteiger partial charge in [-0.05, 0) is 33.0 Å². The Morgan fingerprint density at radius 1 is 0.933 bits per heavy atom. The van der Waals surface area contributed by atoms with Gasteiger partial charge < -0.3 is 19.7 Å². The van der Waals surface area contributed by atoms with Gasteiger partial charge in [-0.1, -0.05) is 0 Å². The highest BCUT2D eigenvalue weighted by Crippen LogP contribution is 1.94. The first-order valence-electron chi connectivity index (χ1n) is 5.70. The Labute approximate surface area is 93.9 Å². The van der Waals surface area contributed by atoms with Crippen LogP contribution in [-0.2, 0) is 9.47 Å². The Morgan fingerprint density at radius 2 is 1.60 bits per heavy atom. The molecule has 0 aliphatic carbocycles. The van der Waals surface area contributed by atoms with E-state index in [9.17, 15) is 0 Å². The molecule has 0 atom stereocenters. The summed E-state index contributed by atoms with van der Waals surface area (Å²) in [6, 6.07) is 0. The van der Waals surface area contributed by atoms with Gasteiger partial charge in [0.05, 0.1) is 6.61 Å². The molecule has 4 nitrogen and oxygen atoms in total. The summed E-state index contributed by atoms with van der Waals surface area (Å²) < 4.78 is 10.1. The third-order valence-corrected chi connectivity index (χ3v) is 2.34. The van der Waals surface area contributed by atoms with E-state index in [1.54, 1.807) is 14.2 Å². The lowest BCUT2D eigenvalue weighted by Crippen LogP contribution is -2.31. The maximum Gasteiger partial charge on any atom is 0.0589 e. The molecule has 0 saturated heterocycles. The molecule has 0 rings (SSSR count). The van der Waals surface area contributed by atoms with E-state index in [0.29, 0.717) is 0 Å². The van der Waals surface area contributed by atoms with Crippen LogP contribution in [0.15, 0.2) is 0 Å². The monoisotopic (exact) mass is 218 g/mol. The summed E-state index contributed by atoms with van der Waals surface area (Å²) in [4.78, 5) is 2.43. The molecule has 4 heteroatoms. The van der Waals surface area contributed by atoms with Gasteiger partial charge in [-0.3, -0.25) is 0 Å². The smallest absolute Gasteiger partial charge is 0.0589 e. The van der Waals surface area contributed by atoms with E-state index >= 15 is 0 Å². The standard InChI is InChI=1S/C11H26N2O2/c1-12-6-4-7-13(9-11-15-3)8-5-10-14-2/h12H,4-11H2,1-3H3. The normalized spacial score (nSPS) is 11.2. The summed E-state index contributed by atoms with van der Waals surface area (Å²) in [6.45, 7) is 5.98. The molecule has 0 saturated carbocycles. The number of hydrogen-bond donors (Lipinski definition) is 1. The van der Waals surface area contributed by atoms with Gasteiger partial charge in [0.25, 0.3) is 0 Å². The van der Waals surface area contributed by atoms with Crippen LogP contribution in [0.2, 0.25) is 0 Å². The Hall–Kier alpha value is -0.160. The van der Waals surface area contributed by atoms with Crippen LogP contribution in [-0.4, -0.2) is 65.6 Å². The minimum Gasteiger partial charge on any atom is -0.385 e. The molecule has 0 aromatic rings. The molecule has 0 aliphatic rings. The van der Waals surface area contributed by atoms with Gasteiger partial charge in [0.15, 0.2) is 0 Å². The largest absolute Gasteiger partial charge is 0.385 e. The Bertz CT molecular complexity index is 113. The number of rotatable bonds is 11. The van der Waals surface area contributed by atoms with Crippen LogP contribution in [0.4, 0.5) is 0 Å². The van der Waals surface area contributed by atoms with Crippen molar-refractivity contribution in [3.05, 3.63) is 0 Å². The van der Waals surface area contributed by atoms with Crippen molar-refractivity contribution in [2.24, 2.45) is 0 Å². The molecule has 1 N–H and O–H groups in total. The van der Waals surface area contributed by atoms with Gasteiger partial charge in [-0.2, -0.15) is 0 Å². The summed E-state index contributed by atoms with van der Waals surface area (Å²) in [6.07, 6.45) is 2.28. The van der Waals surface area contributed by atoms with Crippen molar-refractivity contribution < 1.29 is 9.47 Å². The third kappa shape index (κ3) is 10.1. The number of nitrogens with zero attached hydrogens (tertiary/aromatic N) is 1. The zero-order valence-corrected chi connectivity index (χ0v) is 10.4. The fourth-order valence-corrected chi connectivity index (χ4v) is 1.47. The van der Waals surface area contributed by atoms with E-state index < -0.39 is 0 Å². The maximum absolute atomic E-state index is 5.10. The van der Waals surface area contributed by atoms with Crippen LogP contribution in [0, 0.1) is 0 Å². The minimum absolute atomic E-state index is 0.812. The van der Waals surface area contributed by atoms with E-state index in [1.807, 2.05) is 7.05 Å². The van der Waals surface area contributed by atoms with Crippen molar-refractivity contribution in [2.75, 3.05) is 60.7 Å². The first-order valence-corrected chi connectivity index (χ1v) is 5.70. The average Bonchev–Trinajstić information content (AvgIpc) is 2.25. The molecule has 0 aromatic carbocycles. The highest BCUT2D eigenvalue weighted by atomic mass is 16.5. The van der Waals surface area contributed by atoms with Crippen molar-refractivity contribution in [2.45, 2.75) is 12.8 Å². The molecule has 0 radical (unpaired) electrons. The van der Waals surface area contributed by atoms with Crippen molar-refractivity contribution in [3.63, 3.8) is 0 Å². The van der Waals surface area contributed by atoms with Crippen molar-refractivity contribution in [1.29, 1.82) is 0 Å². The first kappa shape index (κ1) is 14.8. The molecule has 0 fully saturated rings. The van der Waals surface area contributed by atoms with E-state index in [2.05, 4.69) is 10.2 Å². The van der Waals surface area contributed by atoms with Gasteiger partial charge >= 0.3 is 0 Å². The van der Waals surface area contributed by atoms with Crippen LogP contribution in [0.25, 0.3) is 0 Å². The number of methoxy groups -OCH3 is 2. The predicted octanol–water partition coefficient (Wildman–Crippen LogP) is 0.581. The van der Waals surface area contributed by atoms with Crippen molar-refractivity contribution in [1.82, 2.24) is 10.2 Å². The minimum atomic E-state index is 0.812. The second-order valence-corrected chi connectivity index (χ2v) is 3.64. The average molecular weight is 218 g/mol. The number of nitrogens with one attached hydrogen (secondary N) is 1. The van der Waals surface area contributed by atoms with Gasteiger partial charge in [0.1, 0.15) is 0 Å². The number of ether oxygens (including phenoxy) is 2. The number of hydrogen-bond acceptors (Lipinski definition) is 4. The Kier molecular flexibility index (Phi) is 11.8. The van der Waals surface area contributed by atoms with E-state index in [1.165, 1.54) is 6.42 Å². The molecular formula is C11H26N2O2. The van der Waals surface area contributed by atoms with Crippen LogP contribution >= 0.6 is 0 Å². The molecule has 0 aliphatic heterocycles. The molecule has 0 amide bonds. The summed E-state index contributed by atoms with van der Waals surface area (Å²) in [5, 5.41) is 3.16. The zero-order chi connectivity index (χ0) is 11.4. The fourth-order valence-electron chi connectivity index (χ4n) is 1.47. The molecule has 0 aromatic heterocycles. The quantitative estimate of drug-likeness (QED) is 0.514. The van der Waals surface area contributed by atoms with Gasteiger partial charge in [-0.25, -0.2) is 0 Å². The second kappa shape index (κ2) is 11.9. The zero-order valence-electron chi connectivity index (χ0n) is 10.4. The molecule has 0 heterocycles. The molecule has 0 bridgehead atoms. The lowest BCUT2D eigenvalue weighted by atomic mass is 10.3. The van der Waals surface area contributed by atoms with Crippen LogP contribution in [0.3, 0.4) is 0 Å². The first-order chi connectivity index (χ1) is 7.35. The topological polar surface area (TPSA) is 33.7 Å². The maximum atomic E-state index is 5.10. The third-order valence-electron chi connectivity index (χ3n) is 2.34. The van der Waals surface area contributed by atoms with Crippen LogP contribution in [0.1, 0.15) is 12.8 Å². The molecule has 0 spiro atoms. The molecule has 15 heavy (non-hydrogen) atoms. The Morgan fingerprint density at radius 3 is 2.20 bits per heavy atom. The lowest BCUT2D eigenvalue weighted by molar-refractivity contribution is 0.132. The van der Waals surface area contributed by atoms with Crippen molar-refractivity contribution >= 4 is 0 Å². The summed E-state index contributed by atoms with van der Waals surface area (Å²) >= 11 is 0. The lowest BCUT2D eigenvalue weighted by Gasteiger charge is -2.21. The van der Waals surface area contributed by atoms with Gasteiger partial charge in [0, 0.05) is 33.9 Å². The van der Waals surface area contributed by atoms with Crippen LogP contribution < -0.4 is 5.32 Å².